The Morgan fingerprint density at radius 2 is 1.71 bits per heavy atom. The molecule has 0 spiro atoms. The van der Waals surface area contributed by atoms with Gasteiger partial charge >= 0.3 is 12.1 Å². The molecule has 35 heavy (non-hydrogen) atoms. The van der Waals surface area contributed by atoms with Crippen molar-refractivity contribution in [2.75, 3.05) is 6.61 Å². The van der Waals surface area contributed by atoms with E-state index in [2.05, 4.69) is 27.9 Å². The number of amides is 2. The highest BCUT2D eigenvalue weighted by Gasteiger charge is 2.30. The highest BCUT2D eigenvalue weighted by molar-refractivity contribution is 5.97. The molecular formula is C26H27N3O6. The lowest BCUT2D eigenvalue weighted by Crippen LogP contribution is -2.45. The standard InChI is InChI=1S/C26H27N3O6/c1-3-15(2)23(25(31)32)28-24(30)21-14-35-29-22(21)12-27-26(33)34-13-20-18-10-6-4-8-16(18)17-9-5-7-11-19(17)20/h4-11,14-15,20,23H,3,12-13H2,1-2H3,(H,27,33)(H,28,30)(H,31,32)/t15?,23-/m0/s1. The average Bonchev–Trinajstić information content (AvgIpc) is 3.47. The molecule has 1 aliphatic rings. The third-order valence-electron chi connectivity index (χ3n) is 6.40. The molecule has 9 nitrogen and oxygen atoms in total. The number of hydrogen-bond donors (Lipinski definition) is 3. The molecule has 1 heterocycles. The van der Waals surface area contributed by atoms with Gasteiger partial charge in [-0.3, -0.25) is 4.79 Å². The number of hydrogen-bond acceptors (Lipinski definition) is 6. The molecule has 0 fully saturated rings. The zero-order valence-electron chi connectivity index (χ0n) is 19.5. The maximum atomic E-state index is 12.6. The number of nitrogens with one attached hydrogen (secondary N) is 2. The number of carbonyl (C=O) groups is 3. The van der Waals surface area contributed by atoms with E-state index in [1.165, 1.54) is 0 Å². The van der Waals surface area contributed by atoms with Crippen LogP contribution in [-0.2, 0) is 16.1 Å². The maximum absolute atomic E-state index is 12.6. The lowest BCUT2D eigenvalue weighted by Gasteiger charge is -2.19. The largest absolute Gasteiger partial charge is 0.480 e. The van der Waals surface area contributed by atoms with Crippen LogP contribution in [0.5, 0.6) is 0 Å². The fourth-order valence-electron chi connectivity index (χ4n) is 4.28. The fraction of sp³-hybridized carbons (Fsp3) is 0.308. The van der Waals surface area contributed by atoms with E-state index in [1.54, 1.807) is 6.92 Å². The first kappa shape index (κ1) is 24.0. The molecule has 3 aromatic rings. The number of carbonyl (C=O) groups excluding carboxylic acids is 2. The second-order valence-electron chi connectivity index (χ2n) is 8.53. The first-order chi connectivity index (χ1) is 16.9. The van der Waals surface area contributed by atoms with Crippen molar-refractivity contribution < 1.29 is 28.8 Å². The number of carboxylic acids is 1. The second-order valence-corrected chi connectivity index (χ2v) is 8.53. The summed E-state index contributed by atoms with van der Waals surface area (Å²) in [5, 5.41) is 18.3. The topological polar surface area (TPSA) is 131 Å². The van der Waals surface area contributed by atoms with Gasteiger partial charge in [-0.05, 0) is 28.2 Å². The molecule has 1 aliphatic carbocycles. The highest BCUT2D eigenvalue weighted by Crippen LogP contribution is 2.44. The summed E-state index contributed by atoms with van der Waals surface area (Å²) in [7, 11) is 0. The Morgan fingerprint density at radius 1 is 1.09 bits per heavy atom. The molecule has 3 N–H and O–H groups in total. The first-order valence-electron chi connectivity index (χ1n) is 11.5. The van der Waals surface area contributed by atoms with Gasteiger partial charge in [0.1, 0.15) is 30.2 Å². The summed E-state index contributed by atoms with van der Waals surface area (Å²) >= 11 is 0. The molecule has 1 aromatic heterocycles. The summed E-state index contributed by atoms with van der Waals surface area (Å²) in [6.45, 7) is 3.63. The lowest BCUT2D eigenvalue weighted by molar-refractivity contribution is -0.140. The van der Waals surface area contributed by atoms with Crippen LogP contribution in [0.1, 0.15) is 53.4 Å². The van der Waals surface area contributed by atoms with Gasteiger partial charge < -0.3 is 25.0 Å². The molecule has 0 bridgehead atoms. The van der Waals surface area contributed by atoms with E-state index in [9.17, 15) is 19.5 Å². The van der Waals surface area contributed by atoms with E-state index < -0.39 is 24.0 Å². The molecule has 1 unspecified atom stereocenters. The van der Waals surface area contributed by atoms with E-state index in [4.69, 9.17) is 9.26 Å². The number of carboxylic acid groups (broad SMARTS) is 1. The van der Waals surface area contributed by atoms with Crippen LogP contribution in [0.25, 0.3) is 11.1 Å². The minimum atomic E-state index is -1.12. The van der Waals surface area contributed by atoms with Crippen LogP contribution in [0.4, 0.5) is 4.79 Å². The van der Waals surface area contributed by atoms with Crippen molar-refractivity contribution in [1.29, 1.82) is 0 Å². The van der Waals surface area contributed by atoms with Gasteiger partial charge in [0.05, 0.1) is 6.54 Å². The van der Waals surface area contributed by atoms with Gasteiger partial charge in [0, 0.05) is 5.92 Å². The van der Waals surface area contributed by atoms with Crippen molar-refractivity contribution in [2.45, 2.75) is 38.8 Å². The van der Waals surface area contributed by atoms with Crippen LogP contribution < -0.4 is 10.6 Å². The molecule has 0 saturated heterocycles. The van der Waals surface area contributed by atoms with Gasteiger partial charge in [-0.15, -0.1) is 0 Å². The summed E-state index contributed by atoms with van der Waals surface area (Å²) in [5.41, 5.74) is 4.69. The van der Waals surface area contributed by atoms with Crippen LogP contribution in [0.15, 0.2) is 59.3 Å². The summed E-state index contributed by atoms with van der Waals surface area (Å²) in [6.07, 6.45) is 1.04. The maximum Gasteiger partial charge on any atom is 0.407 e. The Hall–Kier alpha value is -4.14. The number of benzene rings is 2. The Balaban J connectivity index is 1.36. The van der Waals surface area contributed by atoms with E-state index in [0.29, 0.717) is 6.42 Å². The normalized spacial score (nSPS) is 13.9. The predicted molar refractivity (Wildman–Crippen MR) is 127 cm³/mol. The van der Waals surface area contributed by atoms with Crippen molar-refractivity contribution in [3.63, 3.8) is 0 Å². The van der Waals surface area contributed by atoms with E-state index in [0.717, 1.165) is 28.5 Å². The van der Waals surface area contributed by atoms with Crippen molar-refractivity contribution in [2.24, 2.45) is 5.92 Å². The molecule has 2 amide bonds. The smallest absolute Gasteiger partial charge is 0.407 e. The van der Waals surface area contributed by atoms with Gasteiger partial charge in [0.25, 0.3) is 5.91 Å². The molecule has 4 rings (SSSR count). The summed E-state index contributed by atoms with van der Waals surface area (Å²) in [5.74, 6) is -2.10. The summed E-state index contributed by atoms with van der Waals surface area (Å²) in [6, 6.07) is 15.0. The Labute approximate surface area is 202 Å². The minimum absolute atomic E-state index is 0.0542. The third-order valence-corrected chi connectivity index (χ3v) is 6.40. The molecule has 0 aliphatic heterocycles. The average molecular weight is 478 g/mol. The number of ether oxygens (including phenoxy) is 1. The molecule has 0 saturated carbocycles. The molecule has 2 aromatic carbocycles. The highest BCUT2D eigenvalue weighted by atomic mass is 16.5. The number of fused-ring (bicyclic) bond motifs is 3. The van der Waals surface area contributed by atoms with Gasteiger partial charge in [0.15, 0.2) is 0 Å². The Morgan fingerprint density at radius 3 is 2.31 bits per heavy atom. The molecule has 0 radical (unpaired) electrons. The number of aromatic nitrogens is 1. The van der Waals surface area contributed by atoms with Crippen molar-refractivity contribution in [3.8, 4) is 11.1 Å². The monoisotopic (exact) mass is 477 g/mol. The minimum Gasteiger partial charge on any atom is -0.480 e. The molecule has 9 heteroatoms. The Bertz CT molecular complexity index is 1190. The first-order valence-corrected chi connectivity index (χ1v) is 11.5. The number of rotatable bonds is 9. The zero-order chi connectivity index (χ0) is 24.9. The molecular weight excluding hydrogens is 450 g/mol. The Kier molecular flexibility index (Phi) is 7.14. The van der Waals surface area contributed by atoms with Gasteiger partial charge in [-0.25, -0.2) is 9.59 Å². The molecule has 182 valence electrons. The van der Waals surface area contributed by atoms with E-state index >= 15 is 0 Å². The zero-order valence-corrected chi connectivity index (χ0v) is 19.5. The van der Waals surface area contributed by atoms with Crippen LogP contribution in [0.2, 0.25) is 0 Å². The quantitative estimate of drug-likeness (QED) is 0.425. The fourth-order valence-corrected chi connectivity index (χ4v) is 4.28. The van der Waals surface area contributed by atoms with Crippen LogP contribution in [-0.4, -0.2) is 40.9 Å². The summed E-state index contributed by atoms with van der Waals surface area (Å²) < 4.78 is 10.4. The lowest BCUT2D eigenvalue weighted by atomic mass is 9.98. The van der Waals surface area contributed by atoms with Crippen LogP contribution >= 0.6 is 0 Å². The molecule has 2 atom stereocenters. The number of aliphatic carboxylic acids is 1. The van der Waals surface area contributed by atoms with Crippen molar-refractivity contribution >= 4 is 18.0 Å². The number of alkyl carbamates (subject to hydrolysis) is 1. The van der Waals surface area contributed by atoms with E-state index in [-0.39, 0.29) is 36.2 Å². The summed E-state index contributed by atoms with van der Waals surface area (Å²) in [4.78, 5) is 36.6. The van der Waals surface area contributed by atoms with Gasteiger partial charge in [-0.2, -0.15) is 0 Å². The van der Waals surface area contributed by atoms with Crippen LogP contribution in [0.3, 0.4) is 0 Å². The van der Waals surface area contributed by atoms with E-state index in [1.807, 2.05) is 43.3 Å². The number of nitrogens with zero attached hydrogens (tertiary/aromatic N) is 1. The second kappa shape index (κ2) is 10.4. The van der Waals surface area contributed by atoms with Crippen molar-refractivity contribution in [1.82, 2.24) is 15.8 Å². The van der Waals surface area contributed by atoms with Crippen molar-refractivity contribution in [3.05, 3.63) is 77.2 Å². The predicted octanol–water partition coefficient (Wildman–Crippen LogP) is 3.94. The SMILES string of the molecule is CCC(C)[C@H](NC(=O)c1conc1CNC(=O)OCC1c2ccccc2-c2ccccc21)C(=O)O. The van der Waals surface area contributed by atoms with Gasteiger partial charge in [0.2, 0.25) is 0 Å². The van der Waals surface area contributed by atoms with Crippen LogP contribution in [0, 0.1) is 5.92 Å². The third kappa shape index (κ3) is 5.03. The van der Waals surface area contributed by atoms with Gasteiger partial charge in [-0.1, -0.05) is 74.0 Å².